The maximum Gasteiger partial charge on any atom is 0.183 e. The van der Waals surface area contributed by atoms with E-state index in [-0.39, 0.29) is 6.04 Å². The molecule has 1 aromatic rings. The lowest BCUT2D eigenvalue weighted by atomic mass is 10.4. The van der Waals surface area contributed by atoms with Gasteiger partial charge in [-0.25, -0.2) is 4.98 Å². The van der Waals surface area contributed by atoms with Gasteiger partial charge in [0.05, 0.1) is 0 Å². The monoisotopic (exact) mass is 254 g/mol. The molecule has 1 heterocycles. The molecule has 0 aliphatic rings. The maximum absolute atomic E-state index is 8.53. The predicted octanol–water partition coefficient (Wildman–Crippen LogP) is 2.56. The van der Waals surface area contributed by atoms with Gasteiger partial charge in [0, 0.05) is 11.1 Å². The van der Waals surface area contributed by atoms with Crippen molar-refractivity contribution < 1.29 is 0 Å². The highest BCUT2D eigenvalue weighted by atomic mass is 32.2. The van der Waals surface area contributed by atoms with Gasteiger partial charge in [0.15, 0.2) is 11.4 Å². The van der Waals surface area contributed by atoms with E-state index in [4.69, 9.17) is 5.26 Å². The van der Waals surface area contributed by atoms with E-state index in [1.54, 1.807) is 11.3 Å². The Hall–Kier alpha value is -1.06. The summed E-state index contributed by atoms with van der Waals surface area (Å²) in [6.07, 6.45) is 6.65. The normalized spacial score (nSPS) is 13.2. The molecule has 16 heavy (non-hydrogen) atoms. The van der Waals surface area contributed by atoms with Crippen molar-refractivity contribution in [2.75, 3.05) is 6.26 Å². The molecule has 0 aliphatic heterocycles. The van der Waals surface area contributed by atoms with Gasteiger partial charge in [-0.1, -0.05) is 18.7 Å². The minimum atomic E-state index is -0.00593. The molecule has 0 saturated heterocycles. The second-order valence-corrected chi connectivity index (χ2v) is 5.01. The van der Waals surface area contributed by atoms with Gasteiger partial charge in [-0.3, -0.25) is 10.3 Å². The van der Waals surface area contributed by atoms with E-state index >= 15 is 0 Å². The van der Waals surface area contributed by atoms with E-state index in [2.05, 4.69) is 22.2 Å². The molecule has 1 unspecified atom stereocenters. The minimum Gasteiger partial charge on any atom is -0.272 e. The second-order valence-electron chi connectivity index (χ2n) is 3.07. The third kappa shape index (κ3) is 3.51. The molecule has 0 radical (unpaired) electrons. The Labute approximate surface area is 104 Å². The van der Waals surface area contributed by atoms with Crippen molar-refractivity contribution in [2.24, 2.45) is 4.99 Å². The molecule has 6 heteroatoms. The van der Waals surface area contributed by atoms with E-state index in [9.17, 15) is 0 Å². The van der Waals surface area contributed by atoms with Crippen LogP contribution < -0.4 is 5.32 Å². The summed E-state index contributed by atoms with van der Waals surface area (Å²) in [5.74, 6) is 0. The number of hydrogen-bond acceptors (Lipinski definition) is 5. The lowest BCUT2D eigenvalue weighted by Gasteiger charge is -2.04. The second kappa shape index (κ2) is 6.51. The van der Waals surface area contributed by atoms with Crippen LogP contribution in [0.2, 0.25) is 0 Å². The number of aromatic nitrogens is 1. The summed E-state index contributed by atoms with van der Waals surface area (Å²) in [5, 5.41) is 12.7. The highest BCUT2D eigenvalue weighted by molar-refractivity contribution is 8.13. The average Bonchev–Trinajstić information content (AvgIpc) is 2.76. The Bertz CT molecular complexity index is 405. The molecule has 1 atom stereocenters. The molecule has 0 aliphatic carbocycles. The lowest BCUT2D eigenvalue weighted by molar-refractivity contribution is 0.807. The van der Waals surface area contributed by atoms with E-state index in [0.717, 1.165) is 11.4 Å². The first-order valence-electron chi connectivity index (χ1n) is 4.92. The van der Waals surface area contributed by atoms with Crippen LogP contribution in [0.3, 0.4) is 0 Å². The number of nitrogens with one attached hydrogen (secondary N) is 1. The first-order valence-corrected chi connectivity index (χ1v) is 6.96. The summed E-state index contributed by atoms with van der Waals surface area (Å²) in [6, 6.07) is -0.00593. The summed E-state index contributed by atoms with van der Waals surface area (Å²) in [6.45, 7) is 4.09. The van der Waals surface area contributed by atoms with Crippen molar-refractivity contribution in [1.82, 2.24) is 10.3 Å². The van der Waals surface area contributed by atoms with Crippen LogP contribution in [0.5, 0.6) is 0 Å². The molecular weight excluding hydrogens is 240 g/mol. The third-order valence-corrected chi connectivity index (χ3v) is 3.85. The molecular formula is C10H14N4S2. The fourth-order valence-corrected chi connectivity index (χ4v) is 2.35. The molecule has 86 valence electrons. The molecule has 0 amide bonds. The van der Waals surface area contributed by atoms with Crippen molar-refractivity contribution in [3.8, 4) is 6.19 Å². The zero-order valence-corrected chi connectivity index (χ0v) is 11.2. The average molecular weight is 254 g/mol. The van der Waals surface area contributed by atoms with Gasteiger partial charge in [0.1, 0.15) is 11.0 Å². The van der Waals surface area contributed by atoms with Crippen LogP contribution in [0.1, 0.15) is 29.8 Å². The Kier molecular flexibility index (Phi) is 5.29. The molecule has 1 aromatic heterocycles. The van der Waals surface area contributed by atoms with Gasteiger partial charge in [0.25, 0.3) is 0 Å². The number of thiazole rings is 1. The van der Waals surface area contributed by atoms with Crippen LogP contribution in [0.25, 0.3) is 0 Å². The summed E-state index contributed by atoms with van der Waals surface area (Å²) in [7, 11) is 0. The number of aliphatic imine (C=N–C) groups is 1. The fourth-order valence-electron chi connectivity index (χ4n) is 1.09. The number of nitriles is 1. The summed E-state index contributed by atoms with van der Waals surface area (Å²) < 4.78 is 0. The molecule has 0 aromatic carbocycles. The highest BCUT2D eigenvalue weighted by Gasteiger charge is 2.09. The quantitative estimate of drug-likeness (QED) is 0.390. The molecule has 0 saturated carbocycles. The van der Waals surface area contributed by atoms with Crippen LogP contribution in [0, 0.1) is 11.5 Å². The van der Waals surface area contributed by atoms with Crippen molar-refractivity contribution in [2.45, 2.75) is 26.3 Å². The molecule has 1 rings (SSSR count). The van der Waals surface area contributed by atoms with Crippen LogP contribution in [-0.4, -0.2) is 16.4 Å². The molecule has 4 nitrogen and oxygen atoms in total. The smallest absolute Gasteiger partial charge is 0.183 e. The molecule has 1 N–H and O–H groups in total. The lowest BCUT2D eigenvalue weighted by Crippen LogP contribution is -2.14. The van der Waals surface area contributed by atoms with Gasteiger partial charge in [-0.05, 0) is 19.6 Å². The van der Waals surface area contributed by atoms with Crippen molar-refractivity contribution in [3.63, 3.8) is 0 Å². The Morgan fingerprint density at radius 3 is 3.06 bits per heavy atom. The van der Waals surface area contributed by atoms with Crippen LogP contribution in [0.15, 0.2) is 11.2 Å². The van der Waals surface area contributed by atoms with Gasteiger partial charge in [-0.15, -0.1) is 11.3 Å². The Morgan fingerprint density at radius 1 is 1.81 bits per heavy atom. The van der Waals surface area contributed by atoms with Crippen LogP contribution >= 0.6 is 23.1 Å². The standard InChI is InChI=1S/C10H14N4S2/c1-4-8-5-12-9(16-8)7(2)14-10(15-3)13-6-11/h5,7H,4H2,1-3H3,(H,13,14). The Balaban J connectivity index is 2.77. The predicted molar refractivity (Wildman–Crippen MR) is 69.6 cm³/mol. The van der Waals surface area contributed by atoms with Gasteiger partial charge in [0.2, 0.25) is 0 Å². The van der Waals surface area contributed by atoms with Gasteiger partial charge >= 0.3 is 0 Å². The SMILES string of the molecule is CCc1cnc(C(C)N=C(NC#N)SC)s1. The van der Waals surface area contributed by atoms with E-state index in [0.29, 0.717) is 5.17 Å². The summed E-state index contributed by atoms with van der Waals surface area (Å²) in [4.78, 5) is 9.98. The summed E-state index contributed by atoms with van der Waals surface area (Å²) >= 11 is 3.10. The minimum absolute atomic E-state index is 0.00593. The highest BCUT2D eigenvalue weighted by Crippen LogP contribution is 2.23. The van der Waals surface area contributed by atoms with E-state index < -0.39 is 0 Å². The van der Waals surface area contributed by atoms with E-state index in [1.807, 2.05) is 25.6 Å². The van der Waals surface area contributed by atoms with Crippen molar-refractivity contribution in [3.05, 3.63) is 16.1 Å². The van der Waals surface area contributed by atoms with Gasteiger partial charge in [-0.2, -0.15) is 5.26 Å². The fraction of sp³-hybridized carbons (Fsp3) is 0.500. The number of aryl methyl sites for hydroxylation is 1. The summed E-state index contributed by atoms with van der Waals surface area (Å²) in [5.41, 5.74) is 0. The van der Waals surface area contributed by atoms with Crippen LogP contribution in [0.4, 0.5) is 0 Å². The molecule has 0 fully saturated rings. The van der Waals surface area contributed by atoms with Crippen molar-refractivity contribution in [1.29, 1.82) is 5.26 Å². The topological polar surface area (TPSA) is 61.1 Å². The van der Waals surface area contributed by atoms with Crippen LogP contribution in [-0.2, 0) is 6.42 Å². The zero-order chi connectivity index (χ0) is 12.0. The molecule has 0 bridgehead atoms. The van der Waals surface area contributed by atoms with E-state index in [1.165, 1.54) is 16.6 Å². The number of nitrogens with zero attached hydrogens (tertiary/aromatic N) is 3. The largest absolute Gasteiger partial charge is 0.272 e. The third-order valence-electron chi connectivity index (χ3n) is 1.94. The molecule has 0 spiro atoms. The number of rotatable bonds is 3. The van der Waals surface area contributed by atoms with Gasteiger partial charge < -0.3 is 0 Å². The first kappa shape index (κ1) is 13.0. The zero-order valence-electron chi connectivity index (χ0n) is 9.52. The first-order chi connectivity index (χ1) is 7.71. The number of amidine groups is 1. The number of hydrogen-bond donors (Lipinski definition) is 1. The van der Waals surface area contributed by atoms with Crippen molar-refractivity contribution >= 4 is 28.3 Å². The number of thioether (sulfide) groups is 1. The Morgan fingerprint density at radius 2 is 2.56 bits per heavy atom. The maximum atomic E-state index is 8.53.